The summed E-state index contributed by atoms with van der Waals surface area (Å²) in [7, 11) is -0.00424. The fraction of sp³-hybridized carbons (Fsp3) is 0.538. The van der Waals surface area contributed by atoms with Gasteiger partial charge in [-0.3, -0.25) is 0 Å². The van der Waals surface area contributed by atoms with E-state index in [0.29, 0.717) is 0 Å². The van der Waals surface area contributed by atoms with Crippen molar-refractivity contribution in [1.82, 2.24) is 0 Å². The summed E-state index contributed by atoms with van der Waals surface area (Å²) >= 11 is 0. The molecule has 1 aromatic rings. The molecule has 104 valence electrons. The Kier molecular flexibility index (Phi) is 4.79. The molecular formula is C13H18BFO4. The second-order valence-corrected chi connectivity index (χ2v) is 4.82. The minimum absolute atomic E-state index is 0.0852. The number of rotatable bonds is 4. The molecule has 4 nitrogen and oxygen atoms in total. The molecule has 1 aliphatic carbocycles. The normalized spacial score (nSPS) is 23.2. The van der Waals surface area contributed by atoms with Crippen LogP contribution in [0, 0.1) is 5.82 Å². The van der Waals surface area contributed by atoms with Gasteiger partial charge in [-0.25, -0.2) is 4.39 Å². The van der Waals surface area contributed by atoms with Crippen LogP contribution in [0.5, 0.6) is 5.75 Å². The fourth-order valence-electron chi connectivity index (χ4n) is 2.43. The molecule has 0 heterocycles. The highest BCUT2D eigenvalue weighted by atomic mass is 19.1. The van der Waals surface area contributed by atoms with Crippen molar-refractivity contribution >= 4 is 12.6 Å². The van der Waals surface area contributed by atoms with Gasteiger partial charge < -0.3 is 19.5 Å². The molecule has 0 saturated heterocycles. The molecule has 1 aliphatic rings. The third-order valence-corrected chi connectivity index (χ3v) is 3.46. The Bertz CT molecular complexity index is 427. The Balaban J connectivity index is 2.11. The first-order valence-corrected chi connectivity index (χ1v) is 6.45. The number of benzene rings is 1. The summed E-state index contributed by atoms with van der Waals surface area (Å²) in [5, 5.41) is 18.5. The van der Waals surface area contributed by atoms with Gasteiger partial charge in [0.1, 0.15) is 17.7 Å². The summed E-state index contributed by atoms with van der Waals surface area (Å²) in [4.78, 5) is 0. The van der Waals surface area contributed by atoms with Crippen molar-refractivity contribution in [1.29, 1.82) is 0 Å². The number of ether oxygens (including phenoxy) is 2. The maximum atomic E-state index is 13.2. The van der Waals surface area contributed by atoms with E-state index in [1.54, 1.807) is 7.11 Å². The van der Waals surface area contributed by atoms with Gasteiger partial charge in [-0.1, -0.05) is 6.07 Å². The molecule has 1 aromatic carbocycles. The first-order chi connectivity index (χ1) is 9.10. The van der Waals surface area contributed by atoms with Crippen molar-refractivity contribution in [2.45, 2.75) is 37.9 Å². The van der Waals surface area contributed by atoms with Crippen LogP contribution < -0.4 is 10.2 Å². The van der Waals surface area contributed by atoms with Crippen molar-refractivity contribution in [3.05, 3.63) is 24.0 Å². The molecule has 2 unspecified atom stereocenters. The lowest BCUT2D eigenvalue weighted by atomic mass is 9.79. The Morgan fingerprint density at radius 1 is 1.26 bits per heavy atom. The van der Waals surface area contributed by atoms with Crippen molar-refractivity contribution in [3.63, 3.8) is 0 Å². The monoisotopic (exact) mass is 268 g/mol. The molecule has 6 heteroatoms. The van der Waals surface area contributed by atoms with E-state index in [-0.39, 0.29) is 23.4 Å². The first-order valence-electron chi connectivity index (χ1n) is 6.45. The molecule has 0 amide bonds. The smallest absolute Gasteiger partial charge is 0.491 e. The summed E-state index contributed by atoms with van der Waals surface area (Å²) in [6.45, 7) is 0. The molecule has 19 heavy (non-hydrogen) atoms. The molecule has 0 bridgehead atoms. The number of hydrogen-bond donors (Lipinski definition) is 2. The van der Waals surface area contributed by atoms with Gasteiger partial charge in [0.15, 0.2) is 0 Å². The highest BCUT2D eigenvalue weighted by molar-refractivity contribution is 6.59. The maximum absolute atomic E-state index is 13.2. The van der Waals surface area contributed by atoms with E-state index in [1.165, 1.54) is 18.2 Å². The first kappa shape index (κ1) is 14.3. The topological polar surface area (TPSA) is 58.9 Å². The van der Waals surface area contributed by atoms with E-state index in [1.807, 2.05) is 0 Å². The summed E-state index contributed by atoms with van der Waals surface area (Å²) < 4.78 is 24.3. The minimum Gasteiger partial charge on any atom is -0.491 e. The molecule has 2 N–H and O–H groups in total. The molecular weight excluding hydrogens is 250 g/mol. The predicted octanol–water partition coefficient (Wildman–Crippen LogP) is 0.842. The van der Waals surface area contributed by atoms with E-state index >= 15 is 0 Å². The highest BCUT2D eigenvalue weighted by Gasteiger charge is 2.25. The number of methoxy groups -OCH3 is 1. The summed E-state index contributed by atoms with van der Waals surface area (Å²) in [5.41, 5.74) is 0.181. The number of hydrogen-bond acceptors (Lipinski definition) is 4. The van der Waals surface area contributed by atoms with Crippen LogP contribution in [-0.2, 0) is 4.74 Å². The molecule has 0 aromatic heterocycles. The second-order valence-electron chi connectivity index (χ2n) is 4.82. The zero-order valence-corrected chi connectivity index (χ0v) is 10.9. The largest absolute Gasteiger partial charge is 0.492 e. The van der Waals surface area contributed by atoms with Crippen molar-refractivity contribution in [2.24, 2.45) is 0 Å². The van der Waals surface area contributed by atoms with E-state index in [9.17, 15) is 14.4 Å². The Labute approximate surface area is 112 Å². The molecule has 2 atom stereocenters. The summed E-state index contributed by atoms with van der Waals surface area (Å²) in [6, 6.07) is 3.69. The standard InChI is InChI=1S/C13H18BFO4/c1-18-10-3-2-4-11(8-10)19-13-7-9(15)5-6-12(13)14(16)17/h5-7,10-11,16-17H,2-4,8H2,1H3. The SMILES string of the molecule is COC1CCCC(Oc2cc(F)ccc2B(O)O)C1. The Morgan fingerprint density at radius 3 is 2.68 bits per heavy atom. The van der Waals surface area contributed by atoms with Gasteiger partial charge in [0, 0.05) is 25.1 Å². The van der Waals surface area contributed by atoms with Gasteiger partial charge in [-0.2, -0.15) is 0 Å². The lowest BCUT2D eigenvalue weighted by molar-refractivity contribution is 0.0211. The predicted molar refractivity (Wildman–Crippen MR) is 69.9 cm³/mol. The molecule has 1 fully saturated rings. The van der Waals surface area contributed by atoms with Crippen LogP contribution in [0.2, 0.25) is 0 Å². The van der Waals surface area contributed by atoms with Gasteiger partial charge in [0.25, 0.3) is 0 Å². The molecule has 0 aliphatic heterocycles. The van der Waals surface area contributed by atoms with Crippen LogP contribution in [0.1, 0.15) is 25.7 Å². The summed E-state index contributed by atoms with van der Waals surface area (Å²) in [5.74, 6) is -0.268. The quantitative estimate of drug-likeness (QED) is 0.794. The Morgan fingerprint density at radius 2 is 2.00 bits per heavy atom. The minimum atomic E-state index is -1.67. The van der Waals surface area contributed by atoms with Crippen LogP contribution in [0.15, 0.2) is 18.2 Å². The average Bonchev–Trinajstić information content (AvgIpc) is 2.38. The maximum Gasteiger partial charge on any atom is 0.492 e. The van der Waals surface area contributed by atoms with Crippen LogP contribution in [0.4, 0.5) is 4.39 Å². The van der Waals surface area contributed by atoms with Crippen molar-refractivity contribution in [2.75, 3.05) is 7.11 Å². The van der Waals surface area contributed by atoms with Gasteiger partial charge in [0.05, 0.1) is 6.10 Å². The van der Waals surface area contributed by atoms with Crippen molar-refractivity contribution < 1.29 is 23.9 Å². The van der Waals surface area contributed by atoms with Crippen LogP contribution in [-0.4, -0.2) is 36.5 Å². The zero-order chi connectivity index (χ0) is 13.8. The second kappa shape index (κ2) is 6.37. The van der Waals surface area contributed by atoms with E-state index < -0.39 is 12.9 Å². The molecule has 1 saturated carbocycles. The molecule has 2 rings (SSSR count). The number of halogens is 1. The third kappa shape index (κ3) is 3.68. The fourth-order valence-corrected chi connectivity index (χ4v) is 2.43. The van der Waals surface area contributed by atoms with Gasteiger partial charge in [0.2, 0.25) is 0 Å². The summed E-state index contributed by atoms with van der Waals surface area (Å²) in [6.07, 6.45) is 3.63. The van der Waals surface area contributed by atoms with Crippen LogP contribution in [0.3, 0.4) is 0 Å². The lowest BCUT2D eigenvalue weighted by Crippen LogP contribution is -2.35. The van der Waals surface area contributed by atoms with Gasteiger partial charge >= 0.3 is 7.12 Å². The van der Waals surface area contributed by atoms with Crippen molar-refractivity contribution in [3.8, 4) is 5.75 Å². The van der Waals surface area contributed by atoms with E-state index in [0.717, 1.165) is 25.7 Å². The van der Waals surface area contributed by atoms with Gasteiger partial charge in [-0.15, -0.1) is 0 Å². The molecule has 0 radical (unpaired) electrons. The zero-order valence-electron chi connectivity index (χ0n) is 10.9. The van der Waals surface area contributed by atoms with E-state index in [2.05, 4.69) is 0 Å². The molecule has 0 spiro atoms. The lowest BCUT2D eigenvalue weighted by Gasteiger charge is -2.29. The average molecular weight is 268 g/mol. The van der Waals surface area contributed by atoms with Gasteiger partial charge in [-0.05, 0) is 25.3 Å². The van der Waals surface area contributed by atoms with E-state index in [4.69, 9.17) is 9.47 Å². The Hall–Kier alpha value is -1.11. The van der Waals surface area contributed by atoms with Crippen LogP contribution >= 0.6 is 0 Å². The highest BCUT2D eigenvalue weighted by Crippen LogP contribution is 2.25. The third-order valence-electron chi connectivity index (χ3n) is 3.46. The van der Waals surface area contributed by atoms with Crippen LogP contribution in [0.25, 0.3) is 0 Å².